The summed E-state index contributed by atoms with van der Waals surface area (Å²) in [7, 11) is 0. The molecule has 9 aromatic carbocycles. The lowest BCUT2D eigenvalue weighted by Gasteiger charge is -2.13. The molecule has 0 aliphatic heterocycles. The number of nitrogens with zero attached hydrogens (tertiary/aromatic N) is 2. The molecule has 0 radical (unpaired) electrons. The highest BCUT2D eigenvalue weighted by molar-refractivity contribution is 6.14. The van der Waals surface area contributed by atoms with Crippen molar-refractivity contribution in [3.8, 4) is 67.3 Å². The minimum atomic E-state index is 0.693. The number of para-hydroxylation sites is 1. The summed E-state index contributed by atoms with van der Waals surface area (Å²) in [4.78, 5) is 10.4. The highest BCUT2D eigenvalue weighted by Crippen LogP contribution is 2.38. The Balaban J connectivity index is 0.937. The van der Waals surface area contributed by atoms with Crippen molar-refractivity contribution >= 4 is 43.5 Å². The molecule has 0 aliphatic rings. The van der Waals surface area contributed by atoms with Gasteiger partial charge in [-0.25, -0.2) is 9.97 Å². The smallest absolute Gasteiger partial charge is 0.160 e. The molecule has 0 unspecified atom stereocenters. The second-order valence-electron chi connectivity index (χ2n) is 14.6. The quantitative estimate of drug-likeness (QED) is 0.160. The van der Waals surface area contributed by atoms with Crippen molar-refractivity contribution in [3.05, 3.63) is 206 Å². The van der Waals surface area contributed by atoms with Crippen LogP contribution in [0.3, 0.4) is 0 Å². The van der Waals surface area contributed by atoms with Gasteiger partial charge in [0, 0.05) is 27.5 Å². The van der Waals surface area contributed by atoms with Crippen LogP contribution in [0.4, 0.5) is 0 Å². The number of benzene rings is 9. The monoisotopic (exact) mass is 726 g/mol. The van der Waals surface area contributed by atoms with Gasteiger partial charge in [0.15, 0.2) is 5.82 Å². The Morgan fingerprint density at radius 1 is 0.281 bits per heavy atom. The van der Waals surface area contributed by atoms with Crippen LogP contribution in [0.2, 0.25) is 0 Å². The molecular weight excluding hydrogens is 693 g/mol. The van der Waals surface area contributed by atoms with Gasteiger partial charge < -0.3 is 4.42 Å². The molecule has 0 fully saturated rings. The van der Waals surface area contributed by atoms with Crippen molar-refractivity contribution in [2.45, 2.75) is 0 Å². The summed E-state index contributed by atoms with van der Waals surface area (Å²) in [5.74, 6) is 0.693. The van der Waals surface area contributed by atoms with E-state index in [-0.39, 0.29) is 0 Å². The topological polar surface area (TPSA) is 38.9 Å². The van der Waals surface area contributed by atoms with E-state index in [2.05, 4.69) is 188 Å². The van der Waals surface area contributed by atoms with Gasteiger partial charge in [0.25, 0.3) is 0 Å². The molecule has 2 aromatic heterocycles. The first-order valence-corrected chi connectivity index (χ1v) is 19.3. The number of furan rings is 1. The summed E-state index contributed by atoms with van der Waals surface area (Å²) < 4.78 is 6.16. The average Bonchev–Trinajstić information content (AvgIpc) is 3.67. The van der Waals surface area contributed by atoms with Crippen LogP contribution in [0, 0.1) is 0 Å². The van der Waals surface area contributed by atoms with Gasteiger partial charge >= 0.3 is 0 Å². The maximum Gasteiger partial charge on any atom is 0.160 e. The minimum absolute atomic E-state index is 0.693. The van der Waals surface area contributed by atoms with E-state index in [1.807, 2.05) is 18.2 Å². The SMILES string of the molecule is c1ccc(-c2cc(-c3ccc(-c4ccc(-c5ccc6c(c5)oc5ccccc56)cc4)cc3)nc(-c3cccc(-c4cc5ccccc5c5ccccc45)c3)n2)cc1. The zero-order chi connectivity index (χ0) is 37.7. The van der Waals surface area contributed by atoms with E-state index in [1.54, 1.807) is 0 Å². The van der Waals surface area contributed by atoms with E-state index in [0.29, 0.717) is 5.82 Å². The Bertz CT molecular complexity index is 3270. The Labute approximate surface area is 330 Å². The van der Waals surface area contributed by atoms with Crippen LogP contribution < -0.4 is 0 Å². The molecule has 266 valence electrons. The summed E-state index contributed by atoms with van der Waals surface area (Å²) in [6.07, 6.45) is 0. The van der Waals surface area contributed by atoms with Crippen LogP contribution in [0.15, 0.2) is 211 Å². The van der Waals surface area contributed by atoms with Gasteiger partial charge in [-0.3, -0.25) is 0 Å². The Kier molecular flexibility index (Phi) is 7.82. The van der Waals surface area contributed by atoms with Gasteiger partial charge in [0.1, 0.15) is 11.2 Å². The van der Waals surface area contributed by atoms with Gasteiger partial charge in [-0.15, -0.1) is 0 Å². The molecule has 11 rings (SSSR count). The van der Waals surface area contributed by atoms with E-state index in [1.165, 1.54) is 27.1 Å². The summed E-state index contributed by atoms with van der Waals surface area (Å²) in [6, 6.07) is 72.8. The maximum absolute atomic E-state index is 6.16. The Hall–Kier alpha value is -7.62. The number of fused-ring (bicyclic) bond motifs is 6. The van der Waals surface area contributed by atoms with E-state index in [0.717, 1.165) is 77.8 Å². The zero-order valence-corrected chi connectivity index (χ0v) is 30.9. The second-order valence-corrected chi connectivity index (χ2v) is 14.6. The van der Waals surface area contributed by atoms with E-state index < -0.39 is 0 Å². The van der Waals surface area contributed by atoms with Crippen molar-refractivity contribution in [1.29, 1.82) is 0 Å². The second kappa shape index (κ2) is 13.6. The first-order valence-electron chi connectivity index (χ1n) is 19.3. The van der Waals surface area contributed by atoms with E-state index in [9.17, 15) is 0 Å². The molecule has 2 heterocycles. The summed E-state index contributed by atoms with van der Waals surface area (Å²) in [5, 5.41) is 7.25. The molecule has 3 heteroatoms. The molecule has 3 nitrogen and oxygen atoms in total. The molecule has 0 aliphatic carbocycles. The Morgan fingerprint density at radius 2 is 0.807 bits per heavy atom. The van der Waals surface area contributed by atoms with E-state index >= 15 is 0 Å². The first-order chi connectivity index (χ1) is 28.2. The van der Waals surface area contributed by atoms with E-state index in [4.69, 9.17) is 14.4 Å². The summed E-state index contributed by atoms with van der Waals surface area (Å²) in [5.41, 5.74) is 13.6. The third-order valence-electron chi connectivity index (χ3n) is 11.1. The first kappa shape index (κ1) is 32.8. The molecule has 0 saturated carbocycles. The van der Waals surface area contributed by atoms with Crippen LogP contribution in [0.5, 0.6) is 0 Å². The molecule has 0 atom stereocenters. The van der Waals surface area contributed by atoms with Crippen molar-refractivity contribution in [1.82, 2.24) is 9.97 Å². The van der Waals surface area contributed by atoms with Gasteiger partial charge in [0.2, 0.25) is 0 Å². The maximum atomic E-state index is 6.16. The van der Waals surface area contributed by atoms with Crippen LogP contribution >= 0.6 is 0 Å². The fraction of sp³-hybridized carbons (Fsp3) is 0. The van der Waals surface area contributed by atoms with Gasteiger partial charge in [-0.2, -0.15) is 0 Å². The third kappa shape index (κ3) is 5.94. The van der Waals surface area contributed by atoms with Crippen molar-refractivity contribution in [2.24, 2.45) is 0 Å². The van der Waals surface area contributed by atoms with Crippen LogP contribution in [-0.4, -0.2) is 9.97 Å². The van der Waals surface area contributed by atoms with Crippen LogP contribution in [0.25, 0.3) is 111 Å². The number of aromatic nitrogens is 2. The van der Waals surface area contributed by atoms with Crippen LogP contribution in [0.1, 0.15) is 0 Å². The van der Waals surface area contributed by atoms with Crippen molar-refractivity contribution in [2.75, 3.05) is 0 Å². The highest BCUT2D eigenvalue weighted by atomic mass is 16.3. The number of rotatable bonds is 6. The average molecular weight is 727 g/mol. The molecule has 0 spiro atoms. The van der Waals surface area contributed by atoms with Crippen molar-refractivity contribution in [3.63, 3.8) is 0 Å². The minimum Gasteiger partial charge on any atom is -0.456 e. The lowest BCUT2D eigenvalue weighted by Crippen LogP contribution is -1.96. The predicted octanol–water partition coefficient (Wildman–Crippen LogP) is 14.7. The van der Waals surface area contributed by atoms with Gasteiger partial charge in [-0.05, 0) is 91.3 Å². The molecule has 57 heavy (non-hydrogen) atoms. The Morgan fingerprint density at radius 3 is 1.56 bits per heavy atom. The highest BCUT2D eigenvalue weighted by Gasteiger charge is 2.14. The summed E-state index contributed by atoms with van der Waals surface area (Å²) >= 11 is 0. The molecule has 11 aromatic rings. The van der Waals surface area contributed by atoms with Crippen molar-refractivity contribution < 1.29 is 4.42 Å². The third-order valence-corrected chi connectivity index (χ3v) is 11.1. The molecule has 0 N–H and O–H groups in total. The molecule has 0 bridgehead atoms. The lowest BCUT2D eigenvalue weighted by molar-refractivity contribution is 0.669. The predicted molar refractivity (Wildman–Crippen MR) is 237 cm³/mol. The fourth-order valence-electron chi connectivity index (χ4n) is 8.19. The normalized spacial score (nSPS) is 11.5. The van der Waals surface area contributed by atoms with Crippen LogP contribution in [-0.2, 0) is 0 Å². The van der Waals surface area contributed by atoms with Gasteiger partial charge in [-0.1, -0.05) is 170 Å². The molecular formula is C54H34N2O. The zero-order valence-electron chi connectivity index (χ0n) is 30.9. The standard InChI is InChI=1S/C54H34N2O/c1-2-11-38(12-3-1)50-34-51(56-54(55-50)43-15-10-14-41(31-43)49-32-42-13-4-5-16-44(42)45-17-6-7-18-46(45)49)39-27-25-36(26-28-39)35-21-23-37(24-22-35)40-29-30-48-47-19-8-9-20-52(47)57-53(48)33-40/h1-34H. The van der Waals surface area contributed by atoms with Gasteiger partial charge in [0.05, 0.1) is 11.4 Å². The lowest BCUT2D eigenvalue weighted by atomic mass is 9.92. The number of hydrogen-bond acceptors (Lipinski definition) is 3. The molecule has 0 saturated heterocycles. The molecule has 0 amide bonds. The fourth-order valence-corrected chi connectivity index (χ4v) is 8.19. The summed E-state index contributed by atoms with van der Waals surface area (Å²) in [6.45, 7) is 0. The largest absolute Gasteiger partial charge is 0.456 e. The number of hydrogen-bond donors (Lipinski definition) is 0.